The van der Waals surface area contributed by atoms with Crippen LogP contribution in [0.25, 0.3) is 0 Å². The molecule has 1 aliphatic carbocycles. The Morgan fingerprint density at radius 3 is 2.50 bits per heavy atom. The number of hydrogen-bond donors (Lipinski definition) is 1. The lowest BCUT2D eigenvalue weighted by molar-refractivity contribution is -0.148. The van der Waals surface area contributed by atoms with Crippen molar-refractivity contribution in [2.45, 2.75) is 25.2 Å². The monoisotopic (exact) mass is 325 g/mol. The van der Waals surface area contributed by atoms with Crippen molar-refractivity contribution in [2.75, 3.05) is 6.54 Å². The van der Waals surface area contributed by atoms with Crippen molar-refractivity contribution in [3.05, 3.63) is 35.4 Å². The van der Waals surface area contributed by atoms with Gasteiger partial charge in [0.2, 0.25) is 6.43 Å². The van der Waals surface area contributed by atoms with E-state index in [9.17, 15) is 31.1 Å². The molecule has 1 aromatic carbocycles. The Kier molecular flexibility index (Phi) is 4.67. The normalized spacial score (nSPS) is 21.6. The van der Waals surface area contributed by atoms with Crippen LogP contribution in [0, 0.1) is 23.5 Å². The van der Waals surface area contributed by atoms with Gasteiger partial charge < -0.3 is 5.32 Å². The average Bonchev–Trinajstić information content (AvgIpc) is 2.39. The molecule has 1 amide bonds. The molecule has 0 heterocycles. The molecule has 1 saturated carbocycles. The number of carbonyl (C=O) groups excluding carboxylic acids is 1. The maximum absolute atomic E-state index is 13.8. The molecule has 0 aliphatic heterocycles. The van der Waals surface area contributed by atoms with Gasteiger partial charge in [-0.25, -0.2) is 17.6 Å². The van der Waals surface area contributed by atoms with E-state index in [1.165, 1.54) is 0 Å². The molecule has 0 unspecified atom stereocenters. The fourth-order valence-corrected chi connectivity index (χ4v) is 2.38. The van der Waals surface area contributed by atoms with Crippen LogP contribution in [-0.4, -0.2) is 18.9 Å². The topological polar surface area (TPSA) is 29.1 Å². The summed E-state index contributed by atoms with van der Waals surface area (Å²) >= 11 is 0. The van der Waals surface area contributed by atoms with Crippen molar-refractivity contribution in [3.63, 3.8) is 0 Å². The highest BCUT2D eigenvalue weighted by atomic mass is 19.3. The molecule has 0 bridgehead atoms. The zero-order chi connectivity index (χ0) is 16.5. The molecular weight excluding hydrogens is 312 g/mol. The number of amides is 1. The lowest BCUT2D eigenvalue weighted by Crippen LogP contribution is -2.44. The fourth-order valence-electron chi connectivity index (χ4n) is 2.38. The Balaban J connectivity index is 1.95. The number of nitrogens with one attached hydrogen (secondary N) is 1. The van der Waals surface area contributed by atoms with Crippen LogP contribution >= 0.6 is 0 Å². The number of halogens is 6. The first-order valence-electron chi connectivity index (χ1n) is 6.62. The standard InChI is InChI=1S/C14H13F6NO/c15-10-3-1-2-9(11(10)16)14(19,20)13(22)21-6-7-4-8(5-7)12(17)18/h1-3,7-8,12H,4-6H2,(H,21,22). The highest BCUT2D eigenvalue weighted by molar-refractivity contribution is 5.84. The maximum atomic E-state index is 13.8. The number of hydrogen-bond acceptors (Lipinski definition) is 1. The van der Waals surface area contributed by atoms with Gasteiger partial charge in [0.15, 0.2) is 11.6 Å². The zero-order valence-electron chi connectivity index (χ0n) is 11.3. The van der Waals surface area contributed by atoms with Crippen LogP contribution < -0.4 is 5.32 Å². The predicted molar refractivity (Wildman–Crippen MR) is 65.5 cm³/mol. The number of alkyl halides is 4. The third-order valence-electron chi connectivity index (χ3n) is 3.75. The Morgan fingerprint density at radius 2 is 1.91 bits per heavy atom. The van der Waals surface area contributed by atoms with E-state index in [4.69, 9.17) is 0 Å². The lowest BCUT2D eigenvalue weighted by atomic mass is 9.75. The molecule has 122 valence electrons. The summed E-state index contributed by atoms with van der Waals surface area (Å²) in [5, 5.41) is 1.91. The second-order valence-electron chi connectivity index (χ2n) is 5.32. The van der Waals surface area contributed by atoms with E-state index in [1.54, 1.807) is 0 Å². The van der Waals surface area contributed by atoms with Crippen molar-refractivity contribution < 1.29 is 31.1 Å². The maximum Gasteiger partial charge on any atom is 0.352 e. The van der Waals surface area contributed by atoms with E-state index < -0.39 is 41.4 Å². The molecule has 1 fully saturated rings. The average molecular weight is 325 g/mol. The molecule has 22 heavy (non-hydrogen) atoms. The van der Waals surface area contributed by atoms with Gasteiger partial charge in [0, 0.05) is 12.5 Å². The van der Waals surface area contributed by atoms with Gasteiger partial charge in [-0.2, -0.15) is 8.78 Å². The second kappa shape index (κ2) is 6.18. The molecule has 2 nitrogen and oxygen atoms in total. The number of carbonyl (C=O) groups is 1. The van der Waals surface area contributed by atoms with Gasteiger partial charge in [0.1, 0.15) is 0 Å². The van der Waals surface area contributed by atoms with Crippen LogP contribution in [0.1, 0.15) is 18.4 Å². The van der Waals surface area contributed by atoms with Gasteiger partial charge in [-0.1, -0.05) is 6.07 Å². The van der Waals surface area contributed by atoms with E-state index in [0.29, 0.717) is 12.1 Å². The molecule has 0 aromatic heterocycles. The van der Waals surface area contributed by atoms with Crippen molar-refractivity contribution in [3.8, 4) is 0 Å². The SMILES string of the molecule is O=C(NCC1CC(C(F)F)C1)C(F)(F)c1cccc(F)c1F. The van der Waals surface area contributed by atoms with Crippen LogP contribution in [-0.2, 0) is 10.7 Å². The summed E-state index contributed by atoms with van der Waals surface area (Å²) in [4.78, 5) is 11.5. The van der Waals surface area contributed by atoms with Crippen LogP contribution in [0.5, 0.6) is 0 Å². The summed E-state index contributed by atoms with van der Waals surface area (Å²) in [6, 6.07) is 2.15. The molecule has 0 radical (unpaired) electrons. The summed E-state index contributed by atoms with van der Waals surface area (Å²) in [5.41, 5.74) is -1.36. The first-order chi connectivity index (χ1) is 10.2. The van der Waals surface area contributed by atoms with Crippen molar-refractivity contribution in [1.29, 1.82) is 0 Å². The van der Waals surface area contributed by atoms with Crippen LogP contribution in [0.15, 0.2) is 18.2 Å². The quantitative estimate of drug-likeness (QED) is 0.825. The molecule has 1 aliphatic rings. The molecule has 1 aromatic rings. The highest BCUT2D eigenvalue weighted by Crippen LogP contribution is 2.38. The van der Waals surface area contributed by atoms with Gasteiger partial charge in [-0.15, -0.1) is 0 Å². The third-order valence-corrected chi connectivity index (χ3v) is 3.75. The minimum Gasteiger partial charge on any atom is -0.350 e. The fraction of sp³-hybridized carbons (Fsp3) is 0.500. The van der Waals surface area contributed by atoms with Crippen molar-refractivity contribution in [2.24, 2.45) is 11.8 Å². The molecule has 0 atom stereocenters. The second-order valence-corrected chi connectivity index (χ2v) is 5.32. The van der Waals surface area contributed by atoms with Gasteiger partial charge in [0.25, 0.3) is 5.91 Å². The van der Waals surface area contributed by atoms with Crippen LogP contribution in [0.4, 0.5) is 26.3 Å². The molecule has 0 spiro atoms. The smallest absolute Gasteiger partial charge is 0.350 e. The van der Waals surface area contributed by atoms with E-state index in [2.05, 4.69) is 0 Å². The summed E-state index contributed by atoms with van der Waals surface area (Å²) in [5.74, 6) is -10.4. The van der Waals surface area contributed by atoms with Gasteiger partial charge in [-0.05, 0) is 30.9 Å². The number of benzene rings is 1. The Labute approximate surface area is 122 Å². The van der Waals surface area contributed by atoms with Crippen molar-refractivity contribution in [1.82, 2.24) is 5.32 Å². The molecular formula is C14H13F6NO. The molecule has 8 heteroatoms. The predicted octanol–water partition coefficient (Wildman–Crippen LogP) is 3.46. The Bertz CT molecular complexity index is 556. The summed E-state index contributed by atoms with van der Waals surface area (Å²) < 4.78 is 78.5. The van der Waals surface area contributed by atoms with Crippen LogP contribution in [0.3, 0.4) is 0 Å². The summed E-state index contributed by atoms with van der Waals surface area (Å²) in [6.07, 6.45) is -2.19. The largest absolute Gasteiger partial charge is 0.352 e. The molecule has 1 N–H and O–H groups in total. The Morgan fingerprint density at radius 1 is 1.27 bits per heavy atom. The zero-order valence-corrected chi connectivity index (χ0v) is 11.3. The first kappa shape index (κ1) is 16.6. The third kappa shape index (κ3) is 3.20. The lowest BCUT2D eigenvalue weighted by Gasteiger charge is -2.35. The molecule has 0 saturated heterocycles. The van der Waals surface area contributed by atoms with E-state index in [1.807, 2.05) is 5.32 Å². The van der Waals surface area contributed by atoms with E-state index in [-0.39, 0.29) is 25.3 Å². The van der Waals surface area contributed by atoms with Gasteiger partial charge >= 0.3 is 5.92 Å². The van der Waals surface area contributed by atoms with Crippen molar-refractivity contribution >= 4 is 5.91 Å². The Hall–Kier alpha value is -1.73. The minimum atomic E-state index is -4.24. The first-order valence-corrected chi connectivity index (χ1v) is 6.62. The highest BCUT2D eigenvalue weighted by Gasteiger charge is 2.44. The van der Waals surface area contributed by atoms with E-state index >= 15 is 0 Å². The molecule has 2 rings (SSSR count). The van der Waals surface area contributed by atoms with Crippen LogP contribution in [0.2, 0.25) is 0 Å². The van der Waals surface area contributed by atoms with Gasteiger partial charge in [-0.3, -0.25) is 4.79 Å². The summed E-state index contributed by atoms with van der Waals surface area (Å²) in [7, 11) is 0. The minimum absolute atomic E-state index is 0.137. The summed E-state index contributed by atoms with van der Waals surface area (Å²) in [6.45, 7) is -0.200. The number of rotatable bonds is 5. The van der Waals surface area contributed by atoms with E-state index in [0.717, 1.165) is 6.07 Å². The van der Waals surface area contributed by atoms with Gasteiger partial charge in [0.05, 0.1) is 5.56 Å².